The Kier molecular flexibility index (Phi) is 4.18. The van der Waals surface area contributed by atoms with Crippen LogP contribution < -0.4 is 0 Å². The molecule has 0 aliphatic carbocycles. The van der Waals surface area contributed by atoms with Gasteiger partial charge in [0.05, 0.1) is 5.37 Å². The summed E-state index contributed by atoms with van der Waals surface area (Å²) in [7, 11) is 2.15. The quantitative estimate of drug-likeness (QED) is 0.797. The number of likely N-dealkylation sites (N-methyl/N-ethyl adjacent to an activating group) is 1. The molecule has 96 valence electrons. The molecule has 0 amide bonds. The smallest absolute Gasteiger partial charge is 0.0960 e. The average molecular weight is 259 g/mol. The largest absolute Gasteiger partial charge is 0.365 e. The van der Waals surface area contributed by atoms with Crippen LogP contribution in [0.4, 0.5) is 0 Å². The second kappa shape index (κ2) is 5.66. The van der Waals surface area contributed by atoms with Crippen molar-refractivity contribution < 1.29 is 0 Å². The molecule has 0 N–H and O–H groups in total. The highest BCUT2D eigenvalue weighted by Gasteiger charge is 2.17. The second-order valence-corrected chi connectivity index (χ2v) is 6.08. The molecule has 1 aliphatic heterocycles. The molecule has 0 spiro atoms. The lowest BCUT2D eigenvalue weighted by molar-refractivity contribution is 0.458. The van der Waals surface area contributed by atoms with E-state index in [9.17, 15) is 0 Å². The van der Waals surface area contributed by atoms with Crippen molar-refractivity contribution in [2.75, 3.05) is 7.05 Å². The predicted octanol–water partition coefficient (Wildman–Crippen LogP) is 4.27. The third-order valence-electron chi connectivity index (χ3n) is 3.34. The Balaban J connectivity index is 2.05. The zero-order chi connectivity index (χ0) is 13.1. The van der Waals surface area contributed by atoms with Crippen molar-refractivity contribution in [3.8, 4) is 0 Å². The van der Waals surface area contributed by atoms with Gasteiger partial charge >= 0.3 is 0 Å². The molecule has 0 radical (unpaired) electrons. The number of thioether (sulfide) groups is 1. The van der Waals surface area contributed by atoms with Crippen LogP contribution in [0.25, 0.3) is 0 Å². The van der Waals surface area contributed by atoms with Gasteiger partial charge in [-0.05, 0) is 43.5 Å². The summed E-state index contributed by atoms with van der Waals surface area (Å²) in [6, 6.07) is 6.71. The lowest BCUT2D eigenvalue weighted by Gasteiger charge is -2.29. The molecule has 1 atom stereocenters. The maximum Gasteiger partial charge on any atom is 0.0960 e. The Bertz CT molecular complexity index is 488. The first kappa shape index (κ1) is 13.3. The first-order chi connectivity index (χ1) is 8.58. The van der Waals surface area contributed by atoms with E-state index in [2.05, 4.69) is 69.3 Å². The van der Waals surface area contributed by atoms with E-state index in [1.807, 2.05) is 11.8 Å². The summed E-state index contributed by atoms with van der Waals surface area (Å²) in [6.07, 6.45) is 6.47. The number of benzene rings is 1. The van der Waals surface area contributed by atoms with Crippen LogP contribution in [-0.4, -0.2) is 17.3 Å². The van der Waals surface area contributed by atoms with Crippen molar-refractivity contribution in [2.45, 2.75) is 31.9 Å². The van der Waals surface area contributed by atoms with Gasteiger partial charge in [0.1, 0.15) is 0 Å². The van der Waals surface area contributed by atoms with Crippen LogP contribution in [0.1, 0.15) is 23.6 Å². The predicted molar refractivity (Wildman–Crippen MR) is 81.7 cm³/mol. The number of rotatable bonds is 3. The van der Waals surface area contributed by atoms with E-state index in [1.54, 1.807) is 0 Å². The zero-order valence-electron chi connectivity index (χ0n) is 11.6. The van der Waals surface area contributed by atoms with Crippen LogP contribution in [0.2, 0.25) is 0 Å². The summed E-state index contributed by atoms with van der Waals surface area (Å²) in [5.74, 6) is 1.07. The van der Waals surface area contributed by atoms with Crippen molar-refractivity contribution in [3.63, 3.8) is 0 Å². The molecule has 2 rings (SSSR count). The summed E-state index contributed by atoms with van der Waals surface area (Å²) < 4.78 is 0. The minimum atomic E-state index is 0.468. The summed E-state index contributed by atoms with van der Waals surface area (Å²) >= 11 is 2.00. The van der Waals surface area contributed by atoms with Gasteiger partial charge in [0.15, 0.2) is 0 Å². The molecule has 1 nitrogen and oxygen atoms in total. The van der Waals surface area contributed by atoms with Gasteiger partial charge in [0.25, 0.3) is 0 Å². The Morgan fingerprint density at radius 3 is 2.72 bits per heavy atom. The molecule has 1 aromatic carbocycles. The normalized spacial score (nSPS) is 19.0. The Hall–Kier alpha value is -1.15. The fraction of sp³-hybridized carbons (Fsp3) is 0.375. The SMILES string of the molecule is CC1=CC=CN(C)C1SCc1cc(C)ccc1C. The third-order valence-corrected chi connectivity index (χ3v) is 4.84. The second-order valence-electron chi connectivity index (χ2n) is 5.01. The molecular formula is C16H21NS. The number of hydrogen-bond acceptors (Lipinski definition) is 2. The highest BCUT2D eigenvalue weighted by molar-refractivity contribution is 7.99. The van der Waals surface area contributed by atoms with Crippen molar-refractivity contribution in [3.05, 3.63) is 58.8 Å². The highest BCUT2D eigenvalue weighted by Crippen LogP contribution is 2.29. The van der Waals surface area contributed by atoms with Crippen LogP contribution in [0.5, 0.6) is 0 Å². The van der Waals surface area contributed by atoms with E-state index in [0.29, 0.717) is 5.37 Å². The molecule has 0 aromatic heterocycles. The molecule has 0 saturated carbocycles. The number of allylic oxidation sites excluding steroid dienone is 2. The molecule has 1 aromatic rings. The van der Waals surface area contributed by atoms with Crippen LogP contribution >= 0.6 is 11.8 Å². The Labute approximate surface area is 115 Å². The van der Waals surface area contributed by atoms with E-state index in [4.69, 9.17) is 0 Å². The number of aryl methyl sites for hydroxylation is 2. The maximum atomic E-state index is 2.31. The van der Waals surface area contributed by atoms with Crippen LogP contribution in [0.15, 0.2) is 42.1 Å². The summed E-state index contributed by atoms with van der Waals surface area (Å²) in [6.45, 7) is 6.57. The van der Waals surface area contributed by atoms with Gasteiger partial charge < -0.3 is 4.90 Å². The van der Waals surface area contributed by atoms with E-state index in [-0.39, 0.29) is 0 Å². The zero-order valence-corrected chi connectivity index (χ0v) is 12.4. The van der Waals surface area contributed by atoms with E-state index in [1.165, 1.54) is 22.3 Å². The topological polar surface area (TPSA) is 3.24 Å². The average Bonchev–Trinajstić information content (AvgIpc) is 2.33. The number of nitrogens with zero attached hydrogens (tertiary/aromatic N) is 1. The van der Waals surface area contributed by atoms with Gasteiger partial charge in [-0.2, -0.15) is 0 Å². The monoisotopic (exact) mass is 259 g/mol. The highest BCUT2D eigenvalue weighted by atomic mass is 32.2. The first-order valence-electron chi connectivity index (χ1n) is 6.32. The van der Waals surface area contributed by atoms with Crippen molar-refractivity contribution in [1.82, 2.24) is 4.90 Å². The van der Waals surface area contributed by atoms with Gasteiger partial charge in [-0.25, -0.2) is 0 Å². The fourth-order valence-electron chi connectivity index (χ4n) is 2.19. The van der Waals surface area contributed by atoms with Crippen molar-refractivity contribution in [2.24, 2.45) is 0 Å². The third kappa shape index (κ3) is 2.99. The van der Waals surface area contributed by atoms with Gasteiger partial charge in [-0.3, -0.25) is 0 Å². The fourth-order valence-corrected chi connectivity index (χ4v) is 3.48. The standard InChI is InChI=1S/C16H21NS/c1-12-7-8-13(2)15(10-12)11-18-16-14(3)6-5-9-17(16)4/h5-10,16H,11H2,1-4H3. The molecule has 0 bridgehead atoms. The lowest BCUT2D eigenvalue weighted by atomic mass is 10.1. The summed E-state index contributed by atoms with van der Waals surface area (Å²) in [4.78, 5) is 2.28. The van der Waals surface area contributed by atoms with E-state index in [0.717, 1.165) is 5.75 Å². The van der Waals surface area contributed by atoms with Gasteiger partial charge in [0.2, 0.25) is 0 Å². The van der Waals surface area contributed by atoms with Crippen LogP contribution in [0, 0.1) is 13.8 Å². The minimum Gasteiger partial charge on any atom is -0.365 e. The molecule has 2 heteroatoms. The van der Waals surface area contributed by atoms with Crippen LogP contribution in [-0.2, 0) is 5.75 Å². The molecule has 1 heterocycles. The van der Waals surface area contributed by atoms with E-state index < -0.39 is 0 Å². The Morgan fingerprint density at radius 1 is 1.22 bits per heavy atom. The Morgan fingerprint density at radius 2 is 2.00 bits per heavy atom. The van der Waals surface area contributed by atoms with Crippen LogP contribution in [0.3, 0.4) is 0 Å². The molecule has 0 saturated heterocycles. The van der Waals surface area contributed by atoms with Gasteiger partial charge in [0, 0.05) is 19.0 Å². The summed E-state index contributed by atoms with van der Waals surface area (Å²) in [5, 5.41) is 0.468. The molecule has 0 fully saturated rings. The molecule has 1 aliphatic rings. The van der Waals surface area contributed by atoms with Gasteiger partial charge in [-0.15, -0.1) is 11.8 Å². The number of hydrogen-bond donors (Lipinski definition) is 0. The van der Waals surface area contributed by atoms with Gasteiger partial charge in [-0.1, -0.05) is 29.8 Å². The molecule has 1 unspecified atom stereocenters. The molecule has 18 heavy (non-hydrogen) atoms. The van der Waals surface area contributed by atoms with Crippen molar-refractivity contribution in [1.29, 1.82) is 0 Å². The van der Waals surface area contributed by atoms with E-state index >= 15 is 0 Å². The lowest BCUT2D eigenvalue weighted by Crippen LogP contribution is -2.26. The molecular weight excluding hydrogens is 238 g/mol. The first-order valence-corrected chi connectivity index (χ1v) is 7.37. The summed E-state index contributed by atoms with van der Waals surface area (Å²) in [5.41, 5.74) is 5.62. The van der Waals surface area contributed by atoms with Crippen molar-refractivity contribution >= 4 is 11.8 Å². The maximum absolute atomic E-state index is 2.31. The minimum absolute atomic E-state index is 0.468.